The third-order valence-electron chi connectivity index (χ3n) is 3.81. The largest absolute Gasteiger partial charge is 0.207 e. The fourth-order valence-corrected chi connectivity index (χ4v) is 2.83. The van der Waals surface area contributed by atoms with Gasteiger partial charge in [-0.1, -0.05) is 19.1 Å². The van der Waals surface area contributed by atoms with Crippen molar-refractivity contribution in [1.82, 2.24) is 0 Å². The predicted octanol–water partition coefficient (Wildman–Crippen LogP) is 4.22. The summed E-state index contributed by atoms with van der Waals surface area (Å²) in [7, 11) is 0. The highest BCUT2D eigenvalue weighted by Gasteiger charge is 2.20. The summed E-state index contributed by atoms with van der Waals surface area (Å²) in [6.07, 6.45) is 1.77. The van der Waals surface area contributed by atoms with E-state index in [2.05, 4.69) is 0 Å². The molecule has 0 saturated heterocycles. The van der Waals surface area contributed by atoms with E-state index < -0.39 is 0 Å². The lowest BCUT2D eigenvalue weighted by Crippen LogP contribution is -2.00. The topological polar surface area (TPSA) is 0 Å². The van der Waals surface area contributed by atoms with Crippen LogP contribution in [-0.4, -0.2) is 0 Å². The molecule has 18 heavy (non-hydrogen) atoms. The van der Waals surface area contributed by atoms with Crippen molar-refractivity contribution >= 4 is 0 Å². The highest BCUT2D eigenvalue weighted by Crippen LogP contribution is 2.34. The smallest absolute Gasteiger partial charge is 0.123 e. The first kappa shape index (κ1) is 11.4. The molecule has 2 aromatic rings. The van der Waals surface area contributed by atoms with Gasteiger partial charge in [0.25, 0.3) is 0 Å². The van der Waals surface area contributed by atoms with Crippen molar-refractivity contribution in [2.75, 3.05) is 0 Å². The van der Waals surface area contributed by atoms with Crippen LogP contribution in [-0.2, 0) is 12.8 Å². The van der Waals surface area contributed by atoms with E-state index in [9.17, 15) is 8.78 Å². The predicted molar refractivity (Wildman–Crippen MR) is 67.7 cm³/mol. The molecule has 0 aromatic heterocycles. The third-order valence-corrected chi connectivity index (χ3v) is 3.81. The molecule has 92 valence electrons. The minimum absolute atomic E-state index is 0.0453. The fourth-order valence-electron chi connectivity index (χ4n) is 2.83. The molecule has 0 N–H and O–H groups in total. The summed E-state index contributed by atoms with van der Waals surface area (Å²) in [5, 5.41) is 0. The Morgan fingerprint density at radius 1 is 0.833 bits per heavy atom. The minimum Gasteiger partial charge on any atom is -0.207 e. The highest BCUT2D eigenvalue weighted by atomic mass is 19.1. The Bertz CT molecular complexity index is 549. The zero-order valence-electron chi connectivity index (χ0n) is 10.2. The molecule has 1 aliphatic carbocycles. The number of rotatable bonds is 0. The summed E-state index contributed by atoms with van der Waals surface area (Å²) in [5.74, 6) is -0.398. The van der Waals surface area contributed by atoms with Gasteiger partial charge in [0, 0.05) is 5.92 Å². The molecule has 0 amide bonds. The van der Waals surface area contributed by atoms with Crippen molar-refractivity contribution in [3.05, 3.63) is 70.3 Å². The van der Waals surface area contributed by atoms with Gasteiger partial charge in [-0.15, -0.1) is 0 Å². The lowest BCUT2D eigenvalue weighted by molar-refractivity contribution is 0.620. The Hall–Kier alpha value is -1.70. The zero-order chi connectivity index (χ0) is 12.7. The molecule has 0 atom stereocenters. The summed E-state index contributed by atoms with van der Waals surface area (Å²) < 4.78 is 26.8. The van der Waals surface area contributed by atoms with Gasteiger partial charge in [0.05, 0.1) is 0 Å². The van der Waals surface area contributed by atoms with Gasteiger partial charge in [0.1, 0.15) is 11.6 Å². The average Bonchev–Trinajstić information content (AvgIpc) is 2.49. The normalized spacial score (nSPS) is 14.8. The molecule has 0 saturated carbocycles. The van der Waals surface area contributed by atoms with Gasteiger partial charge >= 0.3 is 0 Å². The van der Waals surface area contributed by atoms with E-state index in [0.29, 0.717) is 0 Å². The molecule has 0 aliphatic heterocycles. The van der Waals surface area contributed by atoms with Crippen molar-refractivity contribution in [3.63, 3.8) is 0 Å². The first-order valence-corrected chi connectivity index (χ1v) is 6.22. The Labute approximate surface area is 105 Å². The summed E-state index contributed by atoms with van der Waals surface area (Å²) in [5.41, 5.74) is 4.31. The number of halogens is 2. The minimum atomic E-state index is -0.222. The van der Waals surface area contributed by atoms with Crippen molar-refractivity contribution in [2.24, 2.45) is 0 Å². The Balaban J connectivity index is 2.18. The van der Waals surface area contributed by atoms with Crippen LogP contribution in [0.15, 0.2) is 36.4 Å². The van der Waals surface area contributed by atoms with Crippen LogP contribution in [0, 0.1) is 11.6 Å². The van der Waals surface area contributed by atoms with E-state index in [1.807, 2.05) is 19.1 Å². The number of hydrogen-bond donors (Lipinski definition) is 0. The number of aryl methyl sites for hydroxylation is 2. The van der Waals surface area contributed by atoms with Gasteiger partial charge in [-0.2, -0.15) is 0 Å². The summed E-state index contributed by atoms with van der Waals surface area (Å²) in [6, 6.07) is 9.87. The number of hydrogen-bond acceptors (Lipinski definition) is 0. The highest BCUT2D eigenvalue weighted by molar-refractivity contribution is 5.44. The molecular weight excluding hydrogens is 230 g/mol. The second kappa shape index (κ2) is 4.20. The van der Waals surface area contributed by atoms with Crippen LogP contribution in [0.3, 0.4) is 0 Å². The van der Waals surface area contributed by atoms with Gasteiger partial charge in [-0.05, 0) is 59.4 Å². The maximum atomic E-state index is 13.4. The SMILES string of the molecule is CC1c2cc(F)ccc2CCc2ccc(F)cc21. The maximum Gasteiger partial charge on any atom is 0.123 e. The first-order valence-electron chi connectivity index (χ1n) is 6.22. The molecule has 3 rings (SSSR count). The Kier molecular flexibility index (Phi) is 2.66. The Morgan fingerprint density at radius 2 is 1.28 bits per heavy atom. The molecule has 2 aromatic carbocycles. The monoisotopic (exact) mass is 244 g/mol. The first-order chi connectivity index (χ1) is 8.65. The zero-order valence-corrected chi connectivity index (χ0v) is 10.2. The van der Waals surface area contributed by atoms with Crippen molar-refractivity contribution < 1.29 is 8.78 Å². The van der Waals surface area contributed by atoms with E-state index >= 15 is 0 Å². The van der Waals surface area contributed by atoms with Gasteiger partial charge in [-0.3, -0.25) is 0 Å². The van der Waals surface area contributed by atoms with E-state index in [0.717, 1.165) is 24.0 Å². The third kappa shape index (κ3) is 1.82. The van der Waals surface area contributed by atoms with Crippen LogP contribution in [0.1, 0.15) is 35.1 Å². The number of fused-ring (bicyclic) bond motifs is 2. The molecule has 0 heterocycles. The van der Waals surface area contributed by atoms with Crippen LogP contribution in [0.4, 0.5) is 8.78 Å². The number of benzene rings is 2. The molecule has 0 bridgehead atoms. The van der Waals surface area contributed by atoms with Gasteiger partial charge in [-0.25, -0.2) is 8.78 Å². The second-order valence-electron chi connectivity index (χ2n) is 4.91. The van der Waals surface area contributed by atoms with Crippen LogP contribution < -0.4 is 0 Å². The van der Waals surface area contributed by atoms with E-state index in [1.165, 1.54) is 23.3 Å². The lowest BCUT2D eigenvalue weighted by atomic mass is 9.89. The molecule has 0 fully saturated rings. The average molecular weight is 244 g/mol. The fraction of sp³-hybridized carbons (Fsp3) is 0.250. The molecule has 0 spiro atoms. The van der Waals surface area contributed by atoms with E-state index in [1.54, 1.807) is 12.1 Å². The van der Waals surface area contributed by atoms with E-state index in [-0.39, 0.29) is 17.6 Å². The quantitative estimate of drug-likeness (QED) is 0.651. The van der Waals surface area contributed by atoms with E-state index in [4.69, 9.17) is 0 Å². The maximum absolute atomic E-state index is 13.4. The Morgan fingerprint density at radius 3 is 1.72 bits per heavy atom. The summed E-state index contributed by atoms with van der Waals surface area (Å²) in [4.78, 5) is 0. The van der Waals surface area contributed by atoms with Gasteiger partial charge in [0.2, 0.25) is 0 Å². The van der Waals surface area contributed by atoms with Crippen LogP contribution in [0.25, 0.3) is 0 Å². The second-order valence-corrected chi connectivity index (χ2v) is 4.91. The summed E-state index contributed by atoms with van der Waals surface area (Å²) >= 11 is 0. The summed E-state index contributed by atoms with van der Waals surface area (Å²) in [6.45, 7) is 2.02. The molecule has 1 aliphatic rings. The molecule has 0 nitrogen and oxygen atoms in total. The molecular formula is C16H14F2. The molecule has 0 radical (unpaired) electrons. The van der Waals surface area contributed by atoms with Crippen molar-refractivity contribution in [3.8, 4) is 0 Å². The lowest BCUT2D eigenvalue weighted by Gasteiger charge is -2.15. The molecule has 2 heteroatoms. The van der Waals surface area contributed by atoms with Gasteiger partial charge in [0.15, 0.2) is 0 Å². The standard InChI is InChI=1S/C16H14F2/c1-10-15-8-13(17)6-4-11(15)2-3-12-5-7-14(18)9-16(10)12/h4-10H,2-3H2,1H3. The van der Waals surface area contributed by atoms with Crippen molar-refractivity contribution in [1.29, 1.82) is 0 Å². The van der Waals surface area contributed by atoms with Crippen LogP contribution in [0.5, 0.6) is 0 Å². The molecule has 0 unspecified atom stereocenters. The van der Waals surface area contributed by atoms with Crippen LogP contribution >= 0.6 is 0 Å². The van der Waals surface area contributed by atoms with Gasteiger partial charge < -0.3 is 0 Å². The van der Waals surface area contributed by atoms with Crippen LogP contribution in [0.2, 0.25) is 0 Å². The van der Waals surface area contributed by atoms with Crippen molar-refractivity contribution in [2.45, 2.75) is 25.7 Å².